The van der Waals surface area contributed by atoms with Crippen LogP contribution in [0.4, 0.5) is 0 Å². The molecule has 1 unspecified atom stereocenters. The summed E-state index contributed by atoms with van der Waals surface area (Å²) in [7, 11) is 0. The number of carbonyl (C=O) groups is 1. The van der Waals surface area contributed by atoms with Crippen LogP contribution in [0, 0.1) is 0 Å². The van der Waals surface area contributed by atoms with Crippen LogP contribution in [0.15, 0.2) is 53.9 Å². The quantitative estimate of drug-likeness (QED) is 0.598. The summed E-state index contributed by atoms with van der Waals surface area (Å²) < 4.78 is 0. The number of phenols is 1. The maximum atomic E-state index is 11.2. The van der Waals surface area contributed by atoms with Gasteiger partial charge in [0.05, 0.1) is 6.04 Å². The van der Waals surface area contributed by atoms with Crippen molar-refractivity contribution in [3.05, 3.63) is 70.7 Å². The van der Waals surface area contributed by atoms with Crippen molar-refractivity contribution < 1.29 is 15.0 Å². The van der Waals surface area contributed by atoms with E-state index < -0.39 is 5.97 Å². The Balaban J connectivity index is 1.49. The highest BCUT2D eigenvalue weighted by molar-refractivity contribution is 7.13. The minimum atomic E-state index is -1.01. The molecule has 7 heteroatoms. The summed E-state index contributed by atoms with van der Waals surface area (Å²) in [6.07, 6.45) is 2.51. The van der Waals surface area contributed by atoms with Crippen molar-refractivity contribution in [3.8, 4) is 16.3 Å². The SMILES string of the molecule is C[C@@H]1CN2CCC[C@H]2CN1C(c1ccc(-c2nc(C(=O)O)cs2)cc1)c1cccc(O)c1. The van der Waals surface area contributed by atoms with Crippen LogP contribution in [0.25, 0.3) is 10.6 Å². The van der Waals surface area contributed by atoms with Crippen LogP contribution in [-0.2, 0) is 0 Å². The van der Waals surface area contributed by atoms with Gasteiger partial charge in [-0.25, -0.2) is 9.78 Å². The molecule has 32 heavy (non-hydrogen) atoms. The lowest BCUT2D eigenvalue weighted by molar-refractivity contribution is 0.0385. The predicted molar refractivity (Wildman–Crippen MR) is 125 cm³/mol. The minimum absolute atomic E-state index is 0.0415. The average Bonchev–Trinajstić information content (AvgIpc) is 3.44. The van der Waals surface area contributed by atoms with Gasteiger partial charge >= 0.3 is 5.97 Å². The van der Waals surface area contributed by atoms with Crippen LogP contribution < -0.4 is 0 Å². The Bertz CT molecular complexity index is 1110. The van der Waals surface area contributed by atoms with Crippen molar-refractivity contribution in [3.63, 3.8) is 0 Å². The minimum Gasteiger partial charge on any atom is -0.508 e. The van der Waals surface area contributed by atoms with Crippen LogP contribution in [-0.4, -0.2) is 62.7 Å². The Morgan fingerprint density at radius 3 is 2.69 bits per heavy atom. The van der Waals surface area contributed by atoms with Crippen molar-refractivity contribution in [1.29, 1.82) is 0 Å². The molecule has 5 rings (SSSR count). The molecule has 3 atom stereocenters. The molecule has 1 aromatic heterocycles. The monoisotopic (exact) mass is 449 g/mol. The van der Waals surface area contributed by atoms with E-state index in [1.165, 1.54) is 30.7 Å². The summed E-state index contributed by atoms with van der Waals surface area (Å²) in [4.78, 5) is 20.6. The van der Waals surface area contributed by atoms with Gasteiger partial charge in [0.2, 0.25) is 0 Å². The fourth-order valence-electron chi connectivity index (χ4n) is 5.15. The number of rotatable bonds is 5. The maximum absolute atomic E-state index is 11.2. The summed E-state index contributed by atoms with van der Waals surface area (Å²) >= 11 is 1.34. The second kappa shape index (κ2) is 8.65. The Morgan fingerprint density at radius 2 is 1.97 bits per heavy atom. The first-order valence-corrected chi connectivity index (χ1v) is 12.0. The van der Waals surface area contributed by atoms with Crippen LogP contribution >= 0.6 is 11.3 Å². The van der Waals surface area contributed by atoms with Crippen molar-refractivity contribution >= 4 is 17.3 Å². The third-order valence-electron chi connectivity index (χ3n) is 6.70. The maximum Gasteiger partial charge on any atom is 0.355 e. The second-order valence-corrected chi connectivity index (χ2v) is 9.66. The highest BCUT2D eigenvalue weighted by Crippen LogP contribution is 2.37. The fraction of sp³-hybridized carbons (Fsp3) is 0.360. The number of hydrogen-bond donors (Lipinski definition) is 2. The molecule has 2 aliphatic rings. The average molecular weight is 450 g/mol. The smallest absolute Gasteiger partial charge is 0.355 e. The molecule has 2 N–H and O–H groups in total. The molecule has 2 aromatic carbocycles. The first-order valence-electron chi connectivity index (χ1n) is 11.1. The van der Waals surface area contributed by atoms with Gasteiger partial charge in [-0.3, -0.25) is 9.80 Å². The van der Waals surface area contributed by atoms with E-state index in [9.17, 15) is 9.90 Å². The van der Waals surface area contributed by atoms with Gasteiger partial charge in [0.1, 0.15) is 10.8 Å². The topological polar surface area (TPSA) is 76.9 Å². The number of aromatic nitrogens is 1. The predicted octanol–water partition coefficient (Wildman–Crippen LogP) is 4.47. The Kier molecular flexibility index (Phi) is 5.71. The second-order valence-electron chi connectivity index (χ2n) is 8.80. The summed E-state index contributed by atoms with van der Waals surface area (Å²) in [6.45, 7) is 5.56. The van der Waals surface area contributed by atoms with Crippen molar-refractivity contribution in [1.82, 2.24) is 14.8 Å². The van der Waals surface area contributed by atoms with Gasteiger partial charge in [0.25, 0.3) is 0 Å². The zero-order valence-electron chi connectivity index (χ0n) is 18.0. The molecule has 166 valence electrons. The standard InChI is InChI=1S/C25H27N3O3S/c1-16-13-27-11-3-5-20(27)14-28(16)23(19-4-2-6-21(29)12-19)17-7-9-18(10-8-17)24-26-22(15-32-24)25(30)31/h2,4,6-10,12,15-16,20,23,29H,3,5,11,13-14H2,1H3,(H,30,31)/t16-,20+,23?/m1/s1. The summed E-state index contributed by atoms with van der Waals surface area (Å²) in [5.74, 6) is -0.728. The normalized spacial score (nSPS) is 22.5. The van der Waals surface area contributed by atoms with Gasteiger partial charge in [-0.15, -0.1) is 11.3 Å². The number of phenolic OH excluding ortho intramolecular Hbond substituents is 1. The molecule has 0 bridgehead atoms. The van der Waals surface area contributed by atoms with E-state index in [4.69, 9.17) is 5.11 Å². The zero-order chi connectivity index (χ0) is 22.2. The van der Waals surface area contributed by atoms with Crippen molar-refractivity contribution in [2.24, 2.45) is 0 Å². The molecule has 0 amide bonds. The first kappa shape index (κ1) is 21.1. The lowest BCUT2D eigenvalue weighted by atomic mass is 9.93. The lowest BCUT2D eigenvalue weighted by Gasteiger charge is -2.46. The highest BCUT2D eigenvalue weighted by atomic mass is 32.1. The molecule has 3 aromatic rings. The molecule has 0 aliphatic carbocycles. The van der Waals surface area contributed by atoms with E-state index in [1.54, 1.807) is 11.4 Å². The number of aromatic carboxylic acids is 1. The van der Waals surface area contributed by atoms with Gasteiger partial charge < -0.3 is 10.2 Å². The van der Waals surface area contributed by atoms with Gasteiger partial charge in [-0.2, -0.15) is 0 Å². The number of piperazine rings is 1. The molecule has 6 nitrogen and oxygen atoms in total. The number of carboxylic acid groups (broad SMARTS) is 1. The number of hydrogen-bond acceptors (Lipinski definition) is 6. The Morgan fingerprint density at radius 1 is 1.16 bits per heavy atom. The fourth-order valence-corrected chi connectivity index (χ4v) is 5.95. The molecule has 0 radical (unpaired) electrons. The summed E-state index contributed by atoms with van der Waals surface area (Å²) in [5, 5.41) is 21.6. The third-order valence-corrected chi connectivity index (χ3v) is 7.59. The largest absolute Gasteiger partial charge is 0.508 e. The van der Waals surface area contributed by atoms with Crippen LogP contribution in [0.1, 0.15) is 47.4 Å². The van der Waals surface area contributed by atoms with Gasteiger partial charge in [-0.05, 0) is 49.6 Å². The molecule has 0 spiro atoms. The molecule has 0 saturated carbocycles. The number of aromatic hydroxyl groups is 1. The Hall–Kier alpha value is -2.74. The number of carboxylic acids is 1. The molecule has 3 heterocycles. The molecular formula is C25H27N3O3S. The van der Waals surface area contributed by atoms with Gasteiger partial charge in [-0.1, -0.05) is 36.4 Å². The molecule has 2 aliphatic heterocycles. The van der Waals surface area contributed by atoms with Gasteiger partial charge in [0, 0.05) is 36.1 Å². The number of benzene rings is 2. The van der Waals surface area contributed by atoms with Gasteiger partial charge in [0.15, 0.2) is 5.69 Å². The lowest BCUT2D eigenvalue weighted by Crippen LogP contribution is -2.55. The number of thiazole rings is 1. The third kappa shape index (κ3) is 4.03. The molecule has 2 fully saturated rings. The molecular weight excluding hydrogens is 422 g/mol. The van der Waals surface area contributed by atoms with E-state index in [2.05, 4.69) is 39.9 Å². The van der Waals surface area contributed by atoms with E-state index in [1.807, 2.05) is 24.3 Å². The summed E-state index contributed by atoms with van der Waals surface area (Å²) in [5.41, 5.74) is 3.23. The first-order chi connectivity index (χ1) is 15.5. The summed E-state index contributed by atoms with van der Waals surface area (Å²) in [6, 6.07) is 16.9. The van der Waals surface area contributed by atoms with E-state index in [-0.39, 0.29) is 17.5 Å². The Labute approximate surface area is 191 Å². The van der Waals surface area contributed by atoms with E-state index >= 15 is 0 Å². The van der Waals surface area contributed by atoms with Crippen molar-refractivity contribution in [2.75, 3.05) is 19.6 Å². The molecule has 2 saturated heterocycles. The van der Waals surface area contributed by atoms with Crippen molar-refractivity contribution in [2.45, 2.75) is 37.9 Å². The van der Waals surface area contributed by atoms with E-state index in [0.29, 0.717) is 17.1 Å². The van der Waals surface area contributed by atoms with Crippen LogP contribution in [0.3, 0.4) is 0 Å². The number of nitrogens with zero attached hydrogens (tertiary/aromatic N) is 3. The highest BCUT2D eigenvalue weighted by Gasteiger charge is 2.38. The zero-order valence-corrected chi connectivity index (χ0v) is 18.8. The number of fused-ring (bicyclic) bond motifs is 1. The van der Waals surface area contributed by atoms with E-state index in [0.717, 1.165) is 29.8 Å². The van der Waals surface area contributed by atoms with Crippen LogP contribution in [0.2, 0.25) is 0 Å². The van der Waals surface area contributed by atoms with Crippen LogP contribution in [0.5, 0.6) is 5.75 Å².